The van der Waals surface area contributed by atoms with Gasteiger partial charge in [0.1, 0.15) is 0 Å². The van der Waals surface area contributed by atoms with E-state index < -0.39 is 0 Å². The molecule has 0 aliphatic carbocycles. The van der Waals surface area contributed by atoms with Gasteiger partial charge in [0.15, 0.2) is 0 Å². The number of nitrogens with zero attached hydrogens (tertiary/aromatic N) is 1. The van der Waals surface area contributed by atoms with Gasteiger partial charge < -0.3 is 0 Å². The normalized spacial score (nSPS) is 10.2. The average Bonchev–Trinajstić information content (AvgIpc) is 1.82. The minimum atomic E-state index is 0.731. The fraction of sp³-hybridized carbons (Fsp3) is 0.375. The lowest BCUT2D eigenvalue weighted by Crippen LogP contribution is -1.70. The van der Waals surface area contributed by atoms with Crippen LogP contribution in [-0.4, -0.2) is 0 Å². The summed E-state index contributed by atoms with van der Waals surface area (Å²) < 4.78 is 0. The van der Waals surface area contributed by atoms with Gasteiger partial charge in [-0.25, -0.2) is 0 Å². The smallest absolute Gasteiger partial charge is 0.0988 e. The largest absolute Gasteiger partial charge is 0.192 e. The maximum Gasteiger partial charge on any atom is 0.0988 e. The topological polar surface area (TPSA) is 23.8 Å². The minimum absolute atomic E-state index is 0.731. The number of nitriles is 1. The Hall–Kier alpha value is -1.03. The molecule has 0 aliphatic heterocycles. The van der Waals surface area contributed by atoms with E-state index in [1.165, 1.54) is 0 Å². The molecule has 0 saturated heterocycles. The molecule has 9 heavy (non-hydrogen) atoms. The van der Waals surface area contributed by atoms with Crippen LogP contribution >= 0.6 is 0 Å². The predicted octanol–water partition coefficient (Wildman–Crippen LogP) is 2.42. The van der Waals surface area contributed by atoms with Crippen molar-refractivity contribution >= 4 is 0 Å². The van der Waals surface area contributed by atoms with E-state index in [1.807, 2.05) is 26.8 Å². The number of hydrogen-bond acceptors (Lipinski definition) is 1. The van der Waals surface area contributed by atoms with E-state index in [-0.39, 0.29) is 0 Å². The molecule has 0 aromatic heterocycles. The van der Waals surface area contributed by atoms with Crippen molar-refractivity contribution in [1.82, 2.24) is 0 Å². The van der Waals surface area contributed by atoms with Crippen molar-refractivity contribution in [1.29, 1.82) is 5.26 Å². The third-order valence-corrected chi connectivity index (χ3v) is 0.884. The van der Waals surface area contributed by atoms with Gasteiger partial charge in [0.2, 0.25) is 0 Å². The minimum Gasteiger partial charge on any atom is -0.192 e. The molecule has 1 nitrogen and oxygen atoms in total. The fourth-order valence-corrected chi connectivity index (χ4v) is 0.491. The van der Waals surface area contributed by atoms with Gasteiger partial charge in [0, 0.05) is 5.57 Å². The fourth-order valence-electron chi connectivity index (χ4n) is 0.491. The van der Waals surface area contributed by atoms with Gasteiger partial charge in [0.05, 0.1) is 6.07 Å². The third kappa shape index (κ3) is 3.54. The van der Waals surface area contributed by atoms with E-state index >= 15 is 0 Å². The Morgan fingerprint density at radius 1 is 1.44 bits per heavy atom. The van der Waals surface area contributed by atoms with Crippen molar-refractivity contribution < 1.29 is 0 Å². The summed E-state index contributed by atoms with van der Waals surface area (Å²) in [6.07, 6.45) is 3.66. The van der Waals surface area contributed by atoms with Crippen LogP contribution in [0, 0.1) is 11.3 Å². The molecule has 0 rings (SSSR count). The van der Waals surface area contributed by atoms with Gasteiger partial charge in [-0.3, -0.25) is 0 Å². The first-order valence-electron chi connectivity index (χ1n) is 2.92. The first-order chi connectivity index (χ1) is 4.20. The first-order valence-corrected chi connectivity index (χ1v) is 2.92. The highest BCUT2D eigenvalue weighted by Gasteiger charge is 1.84. The molecule has 0 radical (unpaired) electrons. The molecule has 0 saturated carbocycles. The highest BCUT2D eigenvalue weighted by Crippen LogP contribution is 1.98. The molecule has 0 aromatic carbocycles. The third-order valence-electron chi connectivity index (χ3n) is 0.884. The van der Waals surface area contributed by atoms with Gasteiger partial charge in [-0.15, -0.1) is 0 Å². The number of hydrogen-bond donors (Lipinski definition) is 0. The summed E-state index contributed by atoms with van der Waals surface area (Å²) in [5.74, 6) is 0. The van der Waals surface area contributed by atoms with Gasteiger partial charge in [0.25, 0.3) is 0 Å². The molecule has 0 unspecified atom stereocenters. The Bertz CT molecular complexity index is 175. The highest BCUT2D eigenvalue weighted by molar-refractivity contribution is 5.33. The molecule has 1 heteroatoms. The van der Waals surface area contributed by atoms with Crippen LogP contribution in [0.1, 0.15) is 20.8 Å². The Kier molecular flexibility index (Phi) is 3.46. The molecule has 0 bridgehead atoms. The van der Waals surface area contributed by atoms with Crippen LogP contribution in [-0.2, 0) is 0 Å². The molecule has 0 amide bonds. The summed E-state index contributed by atoms with van der Waals surface area (Å²) >= 11 is 0. The quantitative estimate of drug-likeness (QED) is 0.386. The van der Waals surface area contributed by atoms with Crippen LogP contribution in [0.4, 0.5) is 0 Å². The Balaban J connectivity index is 4.24. The van der Waals surface area contributed by atoms with Crippen molar-refractivity contribution in [3.8, 4) is 6.07 Å². The zero-order valence-corrected chi connectivity index (χ0v) is 6.10. The summed E-state index contributed by atoms with van der Waals surface area (Å²) in [6.45, 7) is 5.81. The lowest BCUT2D eigenvalue weighted by Gasteiger charge is -1.86. The molecule has 0 atom stereocenters. The molecular weight excluding hydrogens is 110 g/mol. The van der Waals surface area contributed by atoms with Crippen LogP contribution < -0.4 is 0 Å². The summed E-state index contributed by atoms with van der Waals surface area (Å²) in [6, 6.07) is 2.07. The zero-order valence-electron chi connectivity index (χ0n) is 6.10. The predicted molar refractivity (Wildman–Crippen MR) is 38.8 cm³/mol. The summed E-state index contributed by atoms with van der Waals surface area (Å²) in [5, 5.41) is 8.41. The van der Waals surface area contributed by atoms with E-state index in [0.717, 1.165) is 11.1 Å². The monoisotopic (exact) mass is 121 g/mol. The Morgan fingerprint density at radius 2 is 2.00 bits per heavy atom. The second-order valence-electron chi connectivity index (χ2n) is 2.08. The van der Waals surface area contributed by atoms with Gasteiger partial charge in [-0.1, -0.05) is 11.6 Å². The Labute approximate surface area is 56.3 Å². The van der Waals surface area contributed by atoms with Crippen LogP contribution in [0.2, 0.25) is 0 Å². The second-order valence-corrected chi connectivity index (χ2v) is 2.08. The van der Waals surface area contributed by atoms with Crippen molar-refractivity contribution in [3.05, 3.63) is 23.3 Å². The molecule has 0 aliphatic rings. The molecule has 0 heterocycles. The van der Waals surface area contributed by atoms with E-state index in [1.54, 1.807) is 6.08 Å². The van der Waals surface area contributed by atoms with E-state index in [4.69, 9.17) is 5.26 Å². The molecule has 48 valence electrons. The molecule has 0 spiro atoms. The summed E-state index contributed by atoms with van der Waals surface area (Å²) in [7, 11) is 0. The van der Waals surface area contributed by atoms with Crippen molar-refractivity contribution in [2.45, 2.75) is 20.8 Å². The summed E-state index contributed by atoms with van der Waals surface area (Å²) in [4.78, 5) is 0. The van der Waals surface area contributed by atoms with Crippen molar-refractivity contribution in [2.24, 2.45) is 0 Å². The van der Waals surface area contributed by atoms with Crippen LogP contribution in [0.3, 0.4) is 0 Å². The van der Waals surface area contributed by atoms with E-state index in [0.29, 0.717) is 0 Å². The van der Waals surface area contributed by atoms with E-state index in [9.17, 15) is 0 Å². The lowest BCUT2D eigenvalue weighted by atomic mass is 10.2. The first kappa shape index (κ1) is 7.97. The molecule has 0 fully saturated rings. The van der Waals surface area contributed by atoms with Crippen LogP contribution in [0.25, 0.3) is 0 Å². The van der Waals surface area contributed by atoms with Gasteiger partial charge in [-0.2, -0.15) is 5.26 Å². The zero-order chi connectivity index (χ0) is 7.28. The average molecular weight is 121 g/mol. The van der Waals surface area contributed by atoms with E-state index in [2.05, 4.69) is 6.07 Å². The molecule has 0 N–H and O–H groups in total. The van der Waals surface area contributed by atoms with Crippen molar-refractivity contribution in [2.75, 3.05) is 0 Å². The molecular formula is C8H11N. The van der Waals surface area contributed by atoms with Crippen LogP contribution in [0.15, 0.2) is 23.3 Å². The number of rotatable bonds is 1. The second kappa shape index (κ2) is 3.91. The van der Waals surface area contributed by atoms with Crippen LogP contribution in [0.5, 0.6) is 0 Å². The maximum absolute atomic E-state index is 8.41. The standard InChI is InChI=1S/C8H11N/c1-4-8(6-9)5-7(2)3/h4-5H,1-3H3/b8-4+. The van der Waals surface area contributed by atoms with Gasteiger partial charge in [-0.05, 0) is 26.8 Å². The highest BCUT2D eigenvalue weighted by atomic mass is 14.2. The molecule has 0 aromatic rings. The van der Waals surface area contributed by atoms with Gasteiger partial charge >= 0.3 is 0 Å². The maximum atomic E-state index is 8.41. The Morgan fingerprint density at radius 3 is 2.11 bits per heavy atom. The van der Waals surface area contributed by atoms with Crippen molar-refractivity contribution in [3.63, 3.8) is 0 Å². The SMILES string of the molecule is C/C=C(/C#N)C=C(C)C. The lowest BCUT2D eigenvalue weighted by molar-refractivity contribution is 1.36. The number of allylic oxidation sites excluding steroid dienone is 4. The summed E-state index contributed by atoms with van der Waals surface area (Å²) in [5.41, 5.74) is 1.89.